The Morgan fingerprint density at radius 1 is 1.19 bits per heavy atom. The van der Waals surface area contributed by atoms with Crippen LogP contribution in [0.15, 0.2) is 30.5 Å². The van der Waals surface area contributed by atoms with Gasteiger partial charge in [-0.15, -0.1) is 0 Å². The van der Waals surface area contributed by atoms with E-state index in [2.05, 4.69) is 4.98 Å². The van der Waals surface area contributed by atoms with Gasteiger partial charge in [0, 0.05) is 19.0 Å². The van der Waals surface area contributed by atoms with Gasteiger partial charge in [0.1, 0.15) is 28.3 Å². The van der Waals surface area contributed by atoms with E-state index in [1.54, 1.807) is 18.2 Å². The minimum atomic E-state index is -4.56. The Balaban J connectivity index is 1.93. The minimum Gasteiger partial charge on any atom is -0.438 e. The number of rotatable bonds is 4. The fraction of sp³-hybridized carbons (Fsp3) is 0.316. The van der Waals surface area contributed by atoms with Crippen molar-refractivity contribution >= 4 is 23.2 Å². The number of carbonyl (C=O) groups is 2. The highest BCUT2D eigenvalue weighted by Gasteiger charge is 2.35. The molecule has 0 saturated heterocycles. The Bertz CT molecular complexity index is 896. The lowest BCUT2D eigenvalue weighted by molar-refractivity contribution is -0.137. The molecule has 0 bridgehead atoms. The molecule has 1 aromatic heterocycles. The highest BCUT2D eigenvalue weighted by Crippen LogP contribution is 2.37. The highest BCUT2D eigenvalue weighted by atomic mass is 35.5. The zero-order chi connectivity index (χ0) is 19.8. The number of hydrogen-bond donors (Lipinski definition) is 0. The third-order valence-corrected chi connectivity index (χ3v) is 4.69. The molecule has 4 nitrogen and oxygen atoms in total. The van der Waals surface area contributed by atoms with Gasteiger partial charge in [-0.2, -0.15) is 13.2 Å². The topological polar surface area (TPSA) is 56.3 Å². The number of aryl methyl sites for hydroxylation is 1. The summed E-state index contributed by atoms with van der Waals surface area (Å²) in [5, 5.41) is -0.293. The maximum atomic E-state index is 12.7. The van der Waals surface area contributed by atoms with E-state index in [0.29, 0.717) is 18.2 Å². The quantitative estimate of drug-likeness (QED) is 0.671. The number of hydrogen-bond acceptors (Lipinski definition) is 4. The average Bonchev–Trinajstić information content (AvgIpc) is 2.94. The molecule has 1 aliphatic rings. The summed E-state index contributed by atoms with van der Waals surface area (Å²) in [6, 6.07) is 5.61. The van der Waals surface area contributed by atoms with Crippen LogP contribution in [0.2, 0.25) is 5.02 Å². The van der Waals surface area contributed by atoms with Crippen LogP contribution in [-0.4, -0.2) is 16.6 Å². The second-order valence-electron chi connectivity index (χ2n) is 6.19. The number of nitrogens with zero attached hydrogens (tertiary/aromatic N) is 1. The fourth-order valence-corrected chi connectivity index (χ4v) is 3.26. The minimum absolute atomic E-state index is 0.141. The van der Waals surface area contributed by atoms with Crippen LogP contribution in [0.4, 0.5) is 13.2 Å². The van der Waals surface area contributed by atoms with Crippen LogP contribution in [0.1, 0.15) is 42.4 Å². The Morgan fingerprint density at radius 2 is 1.85 bits per heavy atom. The fourth-order valence-electron chi connectivity index (χ4n) is 3.06. The normalized spacial score (nSPS) is 15.4. The van der Waals surface area contributed by atoms with Crippen molar-refractivity contribution in [2.24, 2.45) is 0 Å². The van der Waals surface area contributed by atoms with Crippen LogP contribution in [-0.2, 0) is 22.2 Å². The van der Waals surface area contributed by atoms with E-state index in [-0.39, 0.29) is 41.1 Å². The van der Waals surface area contributed by atoms with Crippen molar-refractivity contribution in [3.8, 4) is 11.6 Å². The number of ether oxygens (including phenoxy) is 1. The van der Waals surface area contributed by atoms with Gasteiger partial charge in [0.05, 0.1) is 5.56 Å². The molecule has 1 fully saturated rings. The molecule has 0 aliphatic heterocycles. The number of ketones is 2. The first-order valence-corrected chi connectivity index (χ1v) is 8.67. The monoisotopic (exact) mass is 397 g/mol. The Labute approximate surface area is 158 Å². The predicted molar refractivity (Wildman–Crippen MR) is 92.1 cm³/mol. The van der Waals surface area contributed by atoms with Gasteiger partial charge in [0.2, 0.25) is 5.88 Å². The molecule has 1 aliphatic carbocycles. The standard InChI is InChI=1S/C19H15ClF3NO3/c1-2-10-3-4-12(8-13(10)17-15(25)5-6-16(17)26)27-18-14(20)7-11(9-24-18)19(21,22)23/h3-4,7-9,17H,2,5-6H2,1H3. The number of pyridine rings is 1. The first kappa shape index (κ1) is 19.4. The van der Waals surface area contributed by atoms with Crippen molar-refractivity contribution in [1.82, 2.24) is 4.98 Å². The summed E-state index contributed by atoms with van der Waals surface area (Å²) in [6.45, 7) is 1.90. The maximum absolute atomic E-state index is 12.7. The van der Waals surface area contributed by atoms with Gasteiger partial charge in [-0.3, -0.25) is 9.59 Å². The summed E-state index contributed by atoms with van der Waals surface area (Å²) >= 11 is 5.86. The molecule has 1 heterocycles. The van der Waals surface area contributed by atoms with Crippen molar-refractivity contribution in [3.63, 3.8) is 0 Å². The van der Waals surface area contributed by atoms with Gasteiger partial charge >= 0.3 is 6.18 Å². The Morgan fingerprint density at radius 3 is 2.41 bits per heavy atom. The zero-order valence-corrected chi connectivity index (χ0v) is 15.0. The molecule has 0 spiro atoms. The van der Waals surface area contributed by atoms with Gasteiger partial charge in [-0.1, -0.05) is 24.6 Å². The Hall–Kier alpha value is -2.41. The molecule has 2 aromatic rings. The van der Waals surface area contributed by atoms with Gasteiger partial charge < -0.3 is 4.74 Å². The van der Waals surface area contributed by atoms with Crippen LogP contribution >= 0.6 is 11.6 Å². The molecule has 142 valence electrons. The smallest absolute Gasteiger partial charge is 0.417 e. The molecule has 1 aromatic carbocycles. The van der Waals surface area contributed by atoms with Crippen LogP contribution in [0.3, 0.4) is 0 Å². The molecular formula is C19H15ClF3NO3. The molecule has 27 heavy (non-hydrogen) atoms. The summed E-state index contributed by atoms with van der Waals surface area (Å²) < 4.78 is 43.6. The van der Waals surface area contributed by atoms with E-state index in [9.17, 15) is 22.8 Å². The maximum Gasteiger partial charge on any atom is 0.417 e. The third kappa shape index (κ3) is 3.98. The van der Waals surface area contributed by atoms with Gasteiger partial charge in [0.25, 0.3) is 0 Å². The first-order valence-electron chi connectivity index (χ1n) is 8.29. The number of aromatic nitrogens is 1. The molecule has 0 N–H and O–H groups in total. The van der Waals surface area contributed by atoms with E-state index >= 15 is 0 Å². The lowest BCUT2D eigenvalue weighted by Gasteiger charge is -2.15. The van der Waals surface area contributed by atoms with Crippen molar-refractivity contribution < 1.29 is 27.5 Å². The summed E-state index contributed by atoms with van der Waals surface area (Å²) in [7, 11) is 0. The Kier molecular flexibility index (Phi) is 5.24. The number of Topliss-reactive ketones (excluding diaryl/α,β-unsaturated/α-hetero) is 2. The molecule has 1 saturated carbocycles. The molecule has 0 radical (unpaired) electrons. The number of benzene rings is 1. The lowest BCUT2D eigenvalue weighted by atomic mass is 9.90. The van der Waals surface area contributed by atoms with Gasteiger partial charge in [0.15, 0.2) is 0 Å². The largest absolute Gasteiger partial charge is 0.438 e. The number of carbonyl (C=O) groups excluding carboxylic acids is 2. The van der Waals surface area contributed by atoms with Crippen LogP contribution in [0, 0.1) is 0 Å². The molecule has 0 unspecified atom stereocenters. The summed E-state index contributed by atoms with van der Waals surface area (Å²) in [6.07, 6.45) is -2.89. The van der Waals surface area contributed by atoms with E-state index in [4.69, 9.17) is 16.3 Å². The molecule has 8 heteroatoms. The van der Waals surface area contributed by atoms with Gasteiger partial charge in [-0.25, -0.2) is 4.98 Å². The lowest BCUT2D eigenvalue weighted by Crippen LogP contribution is -2.14. The first-order chi connectivity index (χ1) is 12.7. The second kappa shape index (κ2) is 7.31. The van der Waals surface area contributed by atoms with Gasteiger partial charge in [-0.05, 0) is 35.7 Å². The van der Waals surface area contributed by atoms with E-state index in [1.807, 2.05) is 6.92 Å². The van der Waals surface area contributed by atoms with Crippen LogP contribution < -0.4 is 4.74 Å². The highest BCUT2D eigenvalue weighted by molar-refractivity contribution is 6.31. The SMILES string of the molecule is CCc1ccc(Oc2ncc(C(F)(F)F)cc2Cl)cc1C1C(=O)CCC1=O. The van der Waals surface area contributed by atoms with E-state index in [0.717, 1.165) is 11.6 Å². The summed E-state index contributed by atoms with van der Waals surface area (Å²) in [5.74, 6) is -1.05. The van der Waals surface area contributed by atoms with Crippen LogP contribution in [0.25, 0.3) is 0 Å². The molecular weight excluding hydrogens is 383 g/mol. The molecule has 0 atom stereocenters. The van der Waals surface area contributed by atoms with E-state index in [1.165, 1.54) is 0 Å². The average molecular weight is 398 g/mol. The summed E-state index contributed by atoms with van der Waals surface area (Å²) in [5.41, 5.74) is 0.414. The number of halogens is 4. The predicted octanol–water partition coefficient (Wildman–Crippen LogP) is 5.12. The third-order valence-electron chi connectivity index (χ3n) is 4.42. The van der Waals surface area contributed by atoms with Crippen molar-refractivity contribution in [2.75, 3.05) is 0 Å². The van der Waals surface area contributed by atoms with Crippen molar-refractivity contribution in [1.29, 1.82) is 0 Å². The van der Waals surface area contributed by atoms with Crippen molar-refractivity contribution in [3.05, 3.63) is 52.2 Å². The molecule has 0 amide bonds. The van der Waals surface area contributed by atoms with E-state index < -0.39 is 17.7 Å². The van der Waals surface area contributed by atoms with Crippen molar-refractivity contribution in [2.45, 2.75) is 38.3 Å². The number of alkyl halides is 3. The summed E-state index contributed by atoms with van der Waals surface area (Å²) in [4.78, 5) is 27.8. The second-order valence-corrected chi connectivity index (χ2v) is 6.60. The zero-order valence-electron chi connectivity index (χ0n) is 14.3. The molecule has 3 rings (SSSR count). The van der Waals surface area contributed by atoms with Crippen LogP contribution in [0.5, 0.6) is 11.6 Å².